The molecule has 9 heteroatoms. The van der Waals surface area contributed by atoms with E-state index in [4.69, 9.17) is 26.2 Å². The second-order valence-corrected chi connectivity index (χ2v) is 8.41. The van der Waals surface area contributed by atoms with Crippen LogP contribution < -0.4 is 15.2 Å². The number of anilines is 1. The Labute approximate surface area is 168 Å². The fourth-order valence-electron chi connectivity index (χ4n) is 2.91. The van der Waals surface area contributed by atoms with E-state index in [1.54, 1.807) is 30.3 Å². The van der Waals surface area contributed by atoms with Gasteiger partial charge >= 0.3 is 0 Å². The SMILES string of the molecule is NS(=O)(=O)c1cc(NC(=O)Cc2ccccc2Cl)ccc1OCC1CCCO1. The van der Waals surface area contributed by atoms with Gasteiger partial charge in [0.25, 0.3) is 0 Å². The first kappa shape index (κ1) is 20.6. The normalized spacial score (nSPS) is 16.7. The molecule has 1 fully saturated rings. The lowest BCUT2D eigenvalue weighted by Gasteiger charge is -2.15. The molecule has 0 aliphatic carbocycles. The zero-order chi connectivity index (χ0) is 20.1. The van der Waals surface area contributed by atoms with E-state index in [1.165, 1.54) is 12.1 Å². The molecule has 0 spiro atoms. The first-order chi connectivity index (χ1) is 13.3. The summed E-state index contributed by atoms with van der Waals surface area (Å²) < 4.78 is 35.0. The van der Waals surface area contributed by atoms with Crippen molar-refractivity contribution in [1.29, 1.82) is 0 Å². The van der Waals surface area contributed by atoms with Crippen LogP contribution in [0.25, 0.3) is 0 Å². The molecule has 1 heterocycles. The van der Waals surface area contributed by atoms with Gasteiger partial charge in [-0.1, -0.05) is 29.8 Å². The molecule has 1 saturated heterocycles. The molecule has 150 valence electrons. The van der Waals surface area contributed by atoms with Crippen LogP contribution in [0.15, 0.2) is 47.4 Å². The third kappa shape index (κ3) is 5.45. The van der Waals surface area contributed by atoms with Crippen LogP contribution in [0.3, 0.4) is 0 Å². The monoisotopic (exact) mass is 424 g/mol. The zero-order valence-corrected chi connectivity index (χ0v) is 16.6. The molecule has 3 rings (SSSR count). The Morgan fingerprint density at radius 3 is 2.75 bits per heavy atom. The van der Waals surface area contributed by atoms with Crippen molar-refractivity contribution in [2.24, 2.45) is 5.14 Å². The molecule has 1 unspecified atom stereocenters. The molecule has 0 radical (unpaired) electrons. The fraction of sp³-hybridized carbons (Fsp3) is 0.316. The number of sulfonamides is 1. The van der Waals surface area contributed by atoms with Gasteiger partial charge in [0, 0.05) is 17.3 Å². The van der Waals surface area contributed by atoms with E-state index in [-0.39, 0.29) is 35.7 Å². The first-order valence-corrected chi connectivity index (χ1v) is 10.7. The van der Waals surface area contributed by atoms with Crippen molar-refractivity contribution < 1.29 is 22.7 Å². The minimum Gasteiger partial charge on any atom is -0.489 e. The summed E-state index contributed by atoms with van der Waals surface area (Å²) in [5, 5.41) is 8.46. The summed E-state index contributed by atoms with van der Waals surface area (Å²) in [4.78, 5) is 12.1. The van der Waals surface area contributed by atoms with E-state index in [2.05, 4.69) is 5.32 Å². The largest absolute Gasteiger partial charge is 0.489 e. The highest BCUT2D eigenvalue weighted by atomic mass is 35.5. The quantitative estimate of drug-likeness (QED) is 0.710. The van der Waals surface area contributed by atoms with Crippen LogP contribution in [-0.2, 0) is 26.0 Å². The molecule has 28 heavy (non-hydrogen) atoms. The van der Waals surface area contributed by atoms with Gasteiger partial charge in [0.2, 0.25) is 15.9 Å². The number of nitrogens with two attached hydrogens (primary N) is 1. The van der Waals surface area contributed by atoms with Crippen LogP contribution in [0.1, 0.15) is 18.4 Å². The maximum absolute atomic E-state index is 12.3. The average molecular weight is 425 g/mol. The highest BCUT2D eigenvalue weighted by molar-refractivity contribution is 7.89. The average Bonchev–Trinajstić information content (AvgIpc) is 3.15. The molecule has 1 atom stereocenters. The van der Waals surface area contributed by atoms with Crippen molar-refractivity contribution in [3.63, 3.8) is 0 Å². The number of ether oxygens (including phenoxy) is 2. The number of benzene rings is 2. The molecule has 0 aromatic heterocycles. The van der Waals surface area contributed by atoms with Gasteiger partial charge in [-0.05, 0) is 42.7 Å². The number of carbonyl (C=O) groups is 1. The third-order valence-electron chi connectivity index (χ3n) is 4.29. The van der Waals surface area contributed by atoms with Crippen molar-refractivity contribution in [2.75, 3.05) is 18.5 Å². The Hall–Kier alpha value is -2.13. The van der Waals surface area contributed by atoms with E-state index in [0.29, 0.717) is 22.9 Å². The van der Waals surface area contributed by atoms with Crippen LogP contribution in [-0.4, -0.2) is 33.6 Å². The number of amides is 1. The van der Waals surface area contributed by atoms with Gasteiger partial charge in [0.1, 0.15) is 17.3 Å². The number of hydrogen-bond donors (Lipinski definition) is 2. The Balaban J connectivity index is 1.72. The molecular formula is C19H21ClN2O5S. The van der Waals surface area contributed by atoms with E-state index in [0.717, 1.165) is 12.8 Å². The molecule has 0 saturated carbocycles. The topological polar surface area (TPSA) is 108 Å². The highest BCUT2D eigenvalue weighted by Crippen LogP contribution is 2.28. The molecule has 2 aromatic carbocycles. The van der Waals surface area contributed by atoms with Crippen molar-refractivity contribution in [3.8, 4) is 5.75 Å². The molecule has 2 aromatic rings. The van der Waals surface area contributed by atoms with Crippen LogP contribution in [0.5, 0.6) is 5.75 Å². The Bertz CT molecular complexity index is 959. The summed E-state index contributed by atoms with van der Waals surface area (Å²) in [7, 11) is -4.04. The van der Waals surface area contributed by atoms with Crippen molar-refractivity contribution in [3.05, 3.63) is 53.1 Å². The number of carbonyl (C=O) groups excluding carboxylic acids is 1. The maximum Gasteiger partial charge on any atom is 0.241 e. The van der Waals surface area contributed by atoms with E-state index >= 15 is 0 Å². The van der Waals surface area contributed by atoms with Crippen LogP contribution in [0, 0.1) is 0 Å². The van der Waals surface area contributed by atoms with E-state index < -0.39 is 10.0 Å². The zero-order valence-electron chi connectivity index (χ0n) is 15.1. The summed E-state index contributed by atoms with van der Waals surface area (Å²) in [5.41, 5.74) is 0.968. The molecule has 1 aliphatic rings. The summed E-state index contributed by atoms with van der Waals surface area (Å²) in [6.07, 6.45) is 1.80. The molecule has 7 nitrogen and oxygen atoms in total. The Morgan fingerprint density at radius 2 is 2.07 bits per heavy atom. The summed E-state index contributed by atoms with van der Waals surface area (Å²) in [6.45, 7) is 0.910. The van der Waals surface area contributed by atoms with Gasteiger partial charge in [-0.3, -0.25) is 4.79 Å². The van der Waals surface area contributed by atoms with Crippen LogP contribution in [0.2, 0.25) is 5.02 Å². The number of primary sulfonamides is 1. The lowest BCUT2D eigenvalue weighted by Crippen LogP contribution is -2.20. The van der Waals surface area contributed by atoms with Crippen molar-refractivity contribution in [1.82, 2.24) is 0 Å². The lowest BCUT2D eigenvalue weighted by atomic mass is 10.1. The second-order valence-electron chi connectivity index (χ2n) is 6.47. The van der Waals surface area contributed by atoms with Gasteiger partial charge in [-0.15, -0.1) is 0 Å². The van der Waals surface area contributed by atoms with Gasteiger partial charge in [0.15, 0.2) is 0 Å². The number of nitrogens with one attached hydrogen (secondary N) is 1. The maximum atomic E-state index is 12.3. The minimum absolute atomic E-state index is 0.0572. The Morgan fingerprint density at radius 1 is 1.29 bits per heavy atom. The third-order valence-corrected chi connectivity index (χ3v) is 5.59. The predicted molar refractivity (Wildman–Crippen MR) is 106 cm³/mol. The second kappa shape index (κ2) is 8.91. The summed E-state index contributed by atoms with van der Waals surface area (Å²) >= 11 is 6.06. The van der Waals surface area contributed by atoms with Crippen LogP contribution in [0.4, 0.5) is 5.69 Å². The lowest BCUT2D eigenvalue weighted by molar-refractivity contribution is -0.115. The van der Waals surface area contributed by atoms with Gasteiger partial charge in [-0.25, -0.2) is 13.6 Å². The van der Waals surface area contributed by atoms with Crippen LogP contribution >= 0.6 is 11.6 Å². The van der Waals surface area contributed by atoms with Gasteiger partial charge in [0.05, 0.1) is 12.5 Å². The number of halogens is 1. The molecule has 0 bridgehead atoms. The standard InChI is InChI=1S/C19H21ClN2O5S/c20-16-6-2-1-4-13(16)10-19(23)22-14-7-8-17(18(11-14)28(21,24)25)27-12-15-5-3-9-26-15/h1-2,4,6-8,11,15H,3,5,9-10,12H2,(H,22,23)(H2,21,24,25). The predicted octanol–water partition coefficient (Wildman–Crippen LogP) is 2.73. The molecule has 1 amide bonds. The molecule has 1 aliphatic heterocycles. The summed E-state index contributed by atoms with van der Waals surface area (Å²) in [5.74, 6) is -0.205. The van der Waals surface area contributed by atoms with Gasteiger partial charge < -0.3 is 14.8 Å². The molecule has 3 N–H and O–H groups in total. The summed E-state index contributed by atoms with van der Waals surface area (Å²) in [6, 6.07) is 11.3. The van der Waals surface area contributed by atoms with E-state index in [1.807, 2.05) is 0 Å². The van der Waals surface area contributed by atoms with E-state index in [9.17, 15) is 13.2 Å². The highest BCUT2D eigenvalue weighted by Gasteiger charge is 2.20. The first-order valence-electron chi connectivity index (χ1n) is 8.77. The minimum atomic E-state index is -4.04. The van der Waals surface area contributed by atoms with Crippen molar-refractivity contribution in [2.45, 2.75) is 30.3 Å². The number of rotatable bonds is 7. The smallest absolute Gasteiger partial charge is 0.241 e. The van der Waals surface area contributed by atoms with Crippen molar-refractivity contribution >= 4 is 33.2 Å². The fourth-order valence-corrected chi connectivity index (χ4v) is 3.81. The van der Waals surface area contributed by atoms with Gasteiger partial charge in [-0.2, -0.15) is 0 Å². The molecular weight excluding hydrogens is 404 g/mol. The Kier molecular flexibility index (Phi) is 6.56. The number of hydrogen-bond acceptors (Lipinski definition) is 5.